The molecule has 0 bridgehead atoms. The van der Waals surface area contributed by atoms with Crippen molar-refractivity contribution in [2.24, 2.45) is 0 Å². The quantitative estimate of drug-likeness (QED) is 0.619. The molecule has 0 aromatic heterocycles. The molecule has 0 aliphatic rings. The third-order valence-electron chi connectivity index (χ3n) is 3.16. The highest BCUT2D eigenvalue weighted by molar-refractivity contribution is 7.85. The van der Waals surface area contributed by atoms with Crippen LogP contribution in [0.3, 0.4) is 0 Å². The fourth-order valence-electron chi connectivity index (χ4n) is 2.02. The number of nitrogens with one attached hydrogen (secondary N) is 1. The first kappa shape index (κ1) is 20.0. The molecule has 24 heavy (non-hydrogen) atoms. The summed E-state index contributed by atoms with van der Waals surface area (Å²) in [6.45, 7) is 2.73. The summed E-state index contributed by atoms with van der Waals surface area (Å²) in [5.74, 6) is 0.147. The molecule has 0 radical (unpaired) electrons. The Balaban J connectivity index is 0.000000505. The zero-order valence-corrected chi connectivity index (χ0v) is 14.7. The Labute approximate surface area is 143 Å². The van der Waals surface area contributed by atoms with Crippen LogP contribution >= 0.6 is 0 Å². The van der Waals surface area contributed by atoms with Gasteiger partial charge in [0.05, 0.1) is 12.3 Å². The van der Waals surface area contributed by atoms with Crippen LogP contribution in [0.1, 0.15) is 22.8 Å². The van der Waals surface area contributed by atoms with Crippen LogP contribution in [0.5, 0.6) is 0 Å². The fraction of sp³-hybridized carbons (Fsp3) is 0.278. The van der Waals surface area contributed by atoms with Crippen LogP contribution in [-0.4, -0.2) is 37.6 Å². The fourth-order valence-corrected chi connectivity index (χ4v) is 2.02. The van der Waals surface area contributed by atoms with E-state index >= 15 is 0 Å². The highest BCUT2D eigenvalue weighted by Gasteiger charge is 2.13. The molecular weight excluding hydrogens is 326 g/mol. The van der Waals surface area contributed by atoms with E-state index in [0.717, 1.165) is 18.5 Å². The van der Waals surface area contributed by atoms with E-state index in [2.05, 4.69) is 17.4 Å². The topological polar surface area (TPSA) is 83.5 Å². The lowest BCUT2D eigenvalue weighted by atomic mass is 10.1. The Morgan fingerprint density at radius 1 is 1.04 bits per heavy atom. The SMILES string of the molecule is CS(=O)(=O)O.C[C@H](NCCc1ccccc1)C(=O)c1ccccc1. The summed E-state index contributed by atoms with van der Waals surface area (Å²) in [5, 5.41) is 3.28. The summed E-state index contributed by atoms with van der Waals surface area (Å²) in [5.41, 5.74) is 2.05. The van der Waals surface area contributed by atoms with E-state index in [1.54, 1.807) is 0 Å². The number of hydrogen-bond donors (Lipinski definition) is 2. The van der Waals surface area contributed by atoms with Gasteiger partial charge < -0.3 is 5.32 Å². The number of benzene rings is 2. The van der Waals surface area contributed by atoms with Crippen molar-refractivity contribution in [3.05, 3.63) is 71.8 Å². The van der Waals surface area contributed by atoms with Crippen LogP contribution in [-0.2, 0) is 16.5 Å². The Hall–Kier alpha value is -2.02. The second kappa shape index (κ2) is 9.97. The van der Waals surface area contributed by atoms with Crippen molar-refractivity contribution in [2.45, 2.75) is 19.4 Å². The summed E-state index contributed by atoms with van der Waals surface area (Å²) in [7, 11) is -3.67. The first-order valence-electron chi connectivity index (χ1n) is 7.56. The Kier molecular flexibility index (Phi) is 8.32. The number of carbonyl (C=O) groups is 1. The van der Waals surface area contributed by atoms with E-state index < -0.39 is 10.1 Å². The second-order valence-corrected chi connectivity index (χ2v) is 6.84. The minimum atomic E-state index is -3.67. The van der Waals surface area contributed by atoms with Crippen LogP contribution in [0.2, 0.25) is 0 Å². The largest absolute Gasteiger partial charge is 0.307 e. The minimum Gasteiger partial charge on any atom is -0.307 e. The van der Waals surface area contributed by atoms with Crippen LogP contribution in [0.25, 0.3) is 0 Å². The maximum atomic E-state index is 12.1. The third kappa shape index (κ3) is 9.19. The summed E-state index contributed by atoms with van der Waals surface area (Å²) >= 11 is 0. The predicted octanol–water partition coefficient (Wildman–Crippen LogP) is 2.59. The van der Waals surface area contributed by atoms with E-state index in [1.807, 2.05) is 55.5 Å². The van der Waals surface area contributed by atoms with Gasteiger partial charge >= 0.3 is 0 Å². The molecule has 5 nitrogen and oxygen atoms in total. The smallest absolute Gasteiger partial charge is 0.261 e. The van der Waals surface area contributed by atoms with Gasteiger partial charge in [-0.25, -0.2) is 0 Å². The van der Waals surface area contributed by atoms with E-state index in [9.17, 15) is 13.2 Å². The number of rotatable bonds is 6. The molecule has 0 saturated carbocycles. The maximum Gasteiger partial charge on any atom is 0.261 e. The van der Waals surface area contributed by atoms with Crippen molar-refractivity contribution < 1.29 is 17.8 Å². The molecule has 0 spiro atoms. The maximum absolute atomic E-state index is 12.1. The summed E-state index contributed by atoms with van der Waals surface area (Å²) in [6, 6.07) is 19.6. The first-order valence-corrected chi connectivity index (χ1v) is 9.41. The molecule has 2 rings (SSSR count). The molecular formula is C18H23NO4S. The van der Waals surface area contributed by atoms with Gasteiger partial charge in [0.1, 0.15) is 0 Å². The zero-order chi connectivity index (χ0) is 18.0. The Bertz CT molecular complexity index is 707. The molecule has 2 aromatic carbocycles. The molecule has 130 valence electrons. The standard InChI is InChI=1S/C17H19NO.CH4O3S/c1-14(17(19)16-10-6-3-7-11-16)18-13-12-15-8-4-2-5-9-15;1-5(2,3)4/h2-11,14,18H,12-13H2,1H3;1H3,(H,2,3,4)/t14-;/m0./s1. The molecule has 1 atom stereocenters. The van der Waals surface area contributed by atoms with Crippen molar-refractivity contribution >= 4 is 15.9 Å². The molecule has 0 aliphatic carbocycles. The highest BCUT2D eigenvalue weighted by Crippen LogP contribution is 2.04. The number of Topliss-reactive ketones (excluding diaryl/α,β-unsaturated/α-hetero) is 1. The van der Waals surface area contributed by atoms with Gasteiger partial charge in [-0.1, -0.05) is 60.7 Å². The highest BCUT2D eigenvalue weighted by atomic mass is 32.2. The zero-order valence-electron chi connectivity index (χ0n) is 13.8. The monoisotopic (exact) mass is 349 g/mol. The number of carbonyl (C=O) groups excluding carboxylic acids is 1. The van der Waals surface area contributed by atoms with E-state index in [4.69, 9.17) is 4.55 Å². The average Bonchev–Trinajstić information content (AvgIpc) is 2.54. The third-order valence-corrected chi connectivity index (χ3v) is 3.16. The molecule has 0 unspecified atom stereocenters. The van der Waals surface area contributed by atoms with Gasteiger partial charge in [-0.2, -0.15) is 8.42 Å². The molecule has 2 N–H and O–H groups in total. The molecule has 0 amide bonds. The number of ketones is 1. The van der Waals surface area contributed by atoms with Crippen molar-refractivity contribution in [1.82, 2.24) is 5.32 Å². The lowest BCUT2D eigenvalue weighted by Gasteiger charge is -2.12. The first-order chi connectivity index (χ1) is 11.3. The van der Waals surface area contributed by atoms with Crippen LogP contribution in [0, 0.1) is 0 Å². The van der Waals surface area contributed by atoms with Gasteiger partial charge in [0.25, 0.3) is 10.1 Å². The van der Waals surface area contributed by atoms with Gasteiger partial charge in [-0.15, -0.1) is 0 Å². The minimum absolute atomic E-state index is 0.147. The normalized spacial score (nSPS) is 12.0. The summed E-state index contributed by atoms with van der Waals surface area (Å²) in [6.07, 6.45) is 1.65. The molecule has 0 heterocycles. The molecule has 0 fully saturated rings. The van der Waals surface area contributed by atoms with Crippen LogP contribution in [0.15, 0.2) is 60.7 Å². The lowest BCUT2D eigenvalue weighted by Crippen LogP contribution is -2.35. The van der Waals surface area contributed by atoms with Gasteiger partial charge in [0, 0.05) is 5.56 Å². The van der Waals surface area contributed by atoms with E-state index in [0.29, 0.717) is 6.26 Å². The van der Waals surface area contributed by atoms with Gasteiger partial charge in [-0.05, 0) is 25.5 Å². The molecule has 6 heteroatoms. The molecule has 0 saturated heterocycles. The number of hydrogen-bond acceptors (Lipinski definition) is 4. The Morgan fingerprint density at radius 3 is 2.00 bits per heavy atom. The van der Waals surface area contributed by atoms with Gasteiger partial charge in [0.2, 0.25) is 0 Å². The van der Waals surface area contributed by atoms with Crippen molar-refractivity contribution in [3.63, 3.8) is 0 Å². The van der Waals surface area contributed by atoms with Gasteiger partial charge in [-0.3, -0.25) is 9.35 Å². The van der Waals surface area contributed by atoms with Crippen molar-refractivity contribution in [1.29, 1.82) is 0 Å². The van der Waals surface area contributed by atoms with Crippen molar-refractivity contribution in [3.8, 4) is 0 Å². The van der Waals surface area contributed by atoms with Crippen LogP contribution < -0.4 is 5.32 Å². The summed E-state index contributed by atoms with van der Waals surface area (Å²) < 4.78 is 25.9. The average molecular weight is 349 g/mol. The predicted molar refractivity (Wildman–Crippen MR) is 95.9 cm³/mol. The van der Waals surface area contributed by atoms with E-state index in [1.165, 1.54) is 5.56 Å². The van der Waals surface area contributed by atoms with E-state index in [-0.39, 0.29) is 11.8 Å². The van der Waals surface area contributed by atoms with Crippen LogP contribution in [0.4, 0.5) is 0 Å². The lowest BCUT2D eigenvalue weighted by molar-refractivity contribution is 0.0951. The molecule has 2 aromatic rings. The Morgan fingerprint density at radius 2 is 1.50 bits per heavy atom. The molecule has 0 aliphatic heterocycles. The summed E-state index contributed by atoms with van der Waals surface area (Å²) in [4.78, 5) is 12.1. The second-order valence-electron chi connectivity index (χ2n) is 5.37. The van der Waals surface area contributed by atoms with Gasteiger partial charge in [0.15, 0.2) is 5.78 Å². The van der Waals surface area contributed by atoms with Crippen molar-refractivity contribution in [2.75, 3.05) is 12.8 Å².